The summed E-state index contributed by atoms with van der Waals surface area (Å²) in [6, 6.07) is 2.48. The molecule has 0 saturated heterocycles. The van der Waals surface area contributed by atoms with Gasteiger partial charge in [0.15, 0.2) is 0 Å². The monoisotopic (exact) mass is 223 g/mol. The minimum Gasteiger partial charge on any atom is -0.469 e. The standard InChI is InChI=1S/C13H21NO2/c1-9(8-15)14-11-6-13(2,3)7-12-10(11)4-5-16-12/h4-5,9,11,14-15H,6-8H2,1-3H3/t9-,11?/m1/s1. The molecular weight excluding hydrogens is 202 g/mol. The van der Waals surface area contributed by atoms with Gasteiger partial charge in [0, 0.05) is 24.1 Å². The van der Waals surface area contributed by atoms with Crippen molar-refractivity contribution in [2.45, 2.75) is 45.7 Å². The molecule has 0 bridgehead atoms. The maximum Gasteiger partial charge on any atom is 0.109 e. The van der Waals surface area contributed by atoms with E-state index in [-0.39, 0.29) is 18.1 Å². The van der Waals surface area contributed by atoms with Crippen LogP contribution in [-0.4, -0.2) is 17.8 Å². The third-order valence-electron chi connectivity index (χ3n) is 3.31. The average Bonchev–Trinajstić information content (AvgIpc) is 2.63. The lowest BCUT2D eigenvalue weighted by molar-refractivity contribution is 0.196. The predicted octanol–water partition coefficient (Wildman–Crippen LogP) is 2.26. The third kappa shape index (κ3) is 2.30. The summed E-state index contributed by atoms with van der Waals surface area (Å²) in [6.07, 6.45) is 3.86. The topological polar surface area (TPSA) is 45.4 Å². The van der Waals surface area contributed by atoms with Crippen molar-refractivity contribution in [1.82, 2.24) is 5.32 Å². The molecule has 1 heterocycles. The lowest BCUT2D eigenvalue weighted by Crippen LogP contribution is -2.38. The Labute approximate surface area is 96.8 Å². The Morgan fingerprint density at radius 3 is 3.06 bits per heavy atom. The molecule has 16 heavy (non-hydrogen) atoms. The summed E-state index contributed by atoms with van der Waals surface area (Å²) in [5.74, 6) is 1.10. The van der Waals surface area contributed by atoms with Crippen molar-refractivity contribution in [3.8, 4) is 0 Å². The molecule has 1 aliphatic carbocycles. The Morgan fingerprint density at radius 1 is 1.62 bits per heavy atom. The number of furan rings is 1. The van der Waals surface area contributed by atoms with Crippen LogP contribution in [0.4, 0.5) is 0 Å². The van der Waals surface area contributed by atoms with E-state index in [1.807, 2.05) is 13.0 Å². The summed E-state index contributed by atoms with van der Waals surface area (Å²) < 4.78 is 5.53. The van der Waals surface area contributed by atoms with Crippen molar-refractivity contribution in [3.05, 3.63) is 23.7 Å². The van der Waals surface area contributed by atoms with Gasteiger partial charge in [-0.1, -0.05) is 13.8 Å². The largest absolute Gasteiger partial charge is 0.469 e. The first-order chi connectivity index (χ1) is 7.52. The van der Waals surface area contributed by atoms with Crippen molar-refractivity contribution in [1.29, 1.82) is 0 Å². The molecule has 1 aromatic heterocycles. The quantitative estimate of drug-likeness (QED) is 0.826. The van der Waals surface area contributed by atoms with Gasteiger partial charge in [0.05, 0.1) is 12.9 Å². The van der Waals surface area contributed by atoms with Crippen LogP contribution in [0.1, 0.15) is 44.6 Å². The van der Waals surface area contributed by atoms with Crippen LogP contribution in [-0.2, 0) is 6.42 Å². The van der Waals surface area contributed by atoms with Crippen LogP contribution in [0.25, 0.3) is 0 Å². The number of hydrogen-bond donors (Lipinski definition) is 2. The Kier molecular flexibility index (Phi) is 3.08. The SMILES string of the molecule is C[C@H](CO)NC1CC(C)(C)Cc2occc21. The number of nitrogens with one attached hydrogen (secondary N) is 1. The van der Waals surface area contributed by atoms with Gasteiger partial charge in [0.25, 0.3) is 0 Å². The molecule has 3 heteroatoms. The molecule has 2 rings (SSSR count). The molecule has 90 valence electrons. The van der Waals surface area contributed by atoms with Crippen molar-refractivity contribution in [3.63, 3.8) is 0 Å². The van der Waals surface area contributed by atoms with Gasteiger partial charge < -0.3 is 14.8 Å². The smallest absolute Gasteiger partial charge is 0.109 e. The molecule has 0 aliphatic heterocycles. The van der Waals surface area contributed by atoms with Gasteiger partial charge in [-0.05, 0) is 24.8 Å². The summed E-state index contributed by atoms with van der Waals surface area (Å²) >= 11 is 0. The maximum absolute atomic E-state index is 9.11. The van der Waals surface area contributed by atoms with Gasteiger partial charge in [-0.2, -0.15) is 0 Å². The van der Waals surface area contributed by atoms with Gasteiger partial charge in [0.2, 0.25) is 0 Å². The summed E-state index contributed by atoms with van der Waals surface area (Å²) in [5.41, 5.74) is 1.53. The molecule has 0 amide bonds. The van der Waals surface area contributed by atoms with E-state index in [1.54, 1.807) is 6.26 Å². The van der Waals surface area contributed by atoms with Crippen LogP contribution >= 0.6 is 0 Å². The van der Waals surface area contributed by atoms with Gasteiger partial charge >= 0.3 is 0 Å². The van der Waals surface area contributed by atoms with Crippen molar-refractivity contribution in [2.24, 2.45) is 5.41 Å². The highest BCUT2D eigenvalue weighted by Crippen LogP contribution is 2.41. The Bertz CT molecular complexity index is 357. The zero-order valence-electron chi connectivity index (χ0n) is 10.3. The Morgan fingerprint density at radius 2 is 2.38 bits per heavy atom. The number of aliphatic hydroxyl groups is 1. The second-order valence-corrected chi connectivity index (χ2v) is 5.65. The second-order valence-electron chi connectivity index (χ2n) is 5.65. The van der Waals surface area contributed by atoms with E-state index in [2.05, 4.69) is 19.2 Å². The minimum atomic E-state index is 0.127. The van der Waals surface area contributed by atoms with Crippen molar-refractivity contribution in [2.75, 3.05) is 6.61 Å². The first-order valence-electron chi connectivity index (χ1n) is 5.95. The van der Waals surface area contributed by atoms with E-state index in [9.17, 15) is 0 Å². The maximum atomic E-state index is 9.11. The van der Waals surface area contributed by atoms with E-state index >= 15 is 0 Å². The number of rotatable bonds is 3. The molecule has 0 spiro atoms. The Hall–Kier alpha value is -0.800. The molecule has 2 atom stereocenters. The molecule has 2 N–H and O–H groups in total. The molecule has 0 saturated carbocycles. The van der Waals surface area contributed by atoms with Gasteiger partial charge in [0.1, 0.15) is 5.76 Å². The zero-order chi connectivity index (χ0) is 11.8. The molecular formula is C13H21NO2. The number of fused-ring (bicyclic) bond motifs is 1. The van der Waals surface area contributed by atoms with E-state index in [0.717, 1.165) is 18.6 Å². The highest BCUT2D eigenvalue weighted by Gasteiger charge is 2.34. The van der Waals surface area contributed by atoms with Crippen LogP contribution in [0, 0.1) is 5.41 Å². The number of aliphatic hydroxyl groups excluding tert-OH is 1. The molecule has 0 fully saturated rings. The molecule has 3 nitrogen and oxygen atoms in total. The van der Waals surface area contributed by atoms with E-state index in [1.165, 1.54) is 5.56 Å². The summed E-state index contributed by atoms with van der Waals surface area (Å²) in [7, 11) is 0. The fourth-order valence-electron chi connectivity index (χ4n) is 2.52. The van der Waals surface area contributed by atoms with Crippen LogP contribution in [0.2, 0.25) is 0 Å². The van der Waals surface area contributed by atoms with Gasteiger partial charge in [-0.25, -0.2) is 0 Å². The second kappa shape index (κ2) is 4.22. The minimum absolute atomic E-state index is 0.127. The van der Waals surface area contributed by atoms with E-state index in [4.69, 9.17) is 9.52 Å². The lowest BCUT2D eigenvalue weighted by atomic mass is 9.74. The molecule has 1 aromatic rings. The van der Waals surface area contributed by atoms with E-state index < -0.39 is 0 Å². The molecule has 0 radical (unpaired) electrons. The first kappa shape index (κ1) is 11.7. The molecule has 1 aliphatic rings. The number of hydrogen-bond acceptors (Lipinski definition) is 3. The van der Waals surface area contributed by atoms with Gasteiger partial charge in [-0.3, -0.25) is 0 Å². The van der Waals surface area contributed by atoms with Crippen LogP contribution in [0.15, 0.2) is 16.7 Å². The Balaban J connectivity index is 2.20. The van der Waals surface area contributed by atoms with Crippen LogP contribution in [0.5, 0.6) is 0 Å². The van der Waals surface area contributed by atoms with Gasteiger partial charge in [-0.15, -0.1) is 0 Å². The summed E-state index contributed by atoms with van der Waals surface area (Å²) in [6.45, 7) is 6.69. The normalized spacial score (nSPS) is 25.1. The first-order valence-corrected chi connectivity index (χ1v) is 5.95. The predicted molar refractivity (Wildman–Crippen MR) is 63.2 cm³/mol. The van der Waals surface area contributed by atoms with Crippen LogP contribution < -0.4 is 5.32 Å². The fourth-order valence-corrected chi connectivity index (χ4v) is 2.52. The molecule has 1 unspecified atom stereocenters. The van der Waals surface area contributed by atoms with Crippen molar-refractivity contribution >= 4 is 0 Å². The fraction of sp³-hybridized carbons (Fsp3) is 0.692. The van der Waals surface area contributed by atoms with E-state index in [0.29, 0.717) is 6.04 Å². The highest BCUT2D eigenvalue weighted by molar-refractivity contribution is 5.26. The third-order valence-corrected chi connectivity index (χ3v) is 3.31. The van der Waals surface area contributed by atoms with Crippen molar-refractivity contribution < 1.29 is 9.52 Å². The van der Waals surface area contributed by atoms with Crippen LogP contribution in [0.3, 0.4) is 0 Å². The average molecular weight is 223 g/mol. The highest BCUT2D eigenvalue weighted by atomic mass is 16.3. The molecule has 0 aromatic carbocycles. The summed E-state index contributed by atoms with van der Waals surface area (Å²) in [5, 5.41) is 12.6. The summed E-state index contributed by atoms with van der Waals surface area (Å²) in [4.78, 5) is 0. The lowest BCUT2D eigenvalue weighted by Gasteiger charge is -2.36. The zero-order valence-corrected chi connectivity index (χ0v) is 10.3.